The predicted molar refractivity (Wildman–Crippen MR) is 274 cm³/mol. The largest absolute Gasteiger partial charge is 0.474 e. The molecule has 4 fully saturated rings. The van der Waals surface area contributed by atoms with Crippen LogP contribution in [0.3, 0.4) is 0 Å². The SMILES string of the molecule is CN(C)C(=O)Cn1cccc1C(=O)NC1CCC(Oc2nc(N3CCOCC3)cc3ncccc23)CC1.O=C(Nc1ccccc1)NC1CCC(Oc2nc(N3CCOCC3)cc3ncccc23)CC1.[HH].[HH].[HH]. The summed E-state index contributed by atoms with van der Waals surface area (Å²) < 4.78 is 25.5. The van der Waals surface area contributed by atoms with E-state index in [-0.39, 0.29) is 53.0 Å². The zero-order chi connectivity index (χ0) is 48.2. The first-order valence-corrected chi connectivity index (χ1v) is 24.5. The van der Waals surface area contributed by atoms with Crippen LogP contribution in [0, 0.1) is 0 Å². The Kier molecular flexibility index (Phi) is 15.8. The molecule has 4 aliphatic rings. The van der Waals surface area contributed by atoms with Crippen LogP contribution < -0.4 is 35.2 Å². The van der Waals surface area contributed by atoms with Crippen LogP contribution in [0.5, 0.6) is 11.8 Å². The summed E-state index contributed by atoms with van der Waals surface area (Å²) in [6.45, 7) is 6.13. The molecule has 0 bridgehead atoms. The topological polar surface area (TPSA) is 190 Å². The molecule has 10 rings (SSSR count). The van der Waals surface area contributed by atoms with Crippen LogP contribution in [0.25, 0.3) is 21.8 Å². The van der Waals surface area contributed by atoms with Crippen LogP contribution in [0.1, 0.15) is 66.1 Å². The number of ether oxygens (including phenoxy) is 4. The zero-order valence-electron chi connectivity index (χ0n) is 40.0. The Hall–Kier alpha value is -7.05. The smallest absolute Gasteiger partial charge is 0.319 e. The van der Waals surface area contributed by atoms with Gasteiger partial charge in [-0.05, 0) is 99.9 Å². The van der Waals surface area contributed by atoms with Gasteiger partial charge in [-0.15, -0.1) is 0 Å². The Morgan fingerprint density at radius 3 is 1.69 bits per heavy atom. The van der Waals surface area contributed by atoms with E-state index >= 15 is 0 Å². The van der Waals surface area contributed by atoms with Gasteiger partial charge in [0.1, 0.15) is 36.1 Å². The second-order valence-electron chi connectivity index (χ2n) is 18.3. The Bertz CT molecular complexity index is 2710. The monoisotopic (exact) mass is 960 g/mol. The third-order valence-corrected chi connectivity index (χ3v) is 13.2. The Labute approximate surface area is 412 Å². The molecule has 0 unspecified atom stereocenters. The van der Waals surface area contributed by atoms with Crippen molar-refractivity contribution in [2.24, 2.45) is 0 Å². The van der Waals surface area contributed by atoms with E-state index in [0.717, 1.165) is 117 Å². The number of hydrogen-bond donors (Lipinski definition) is 3. The number of pyridine rings is 4. The number of para-hydroxylation sites is 1. The molecule has 18 heteroatoms. The molecule has 3 N–H and O–H groups in total. The van der Waals surface area contributed by atoms with Crippen LogP contribution in [0.2, 0.25) is 0 Å². The van der Waals surface area contributed by atoms with Crippen LogP contribution in [0.4, 0.5) is 22.1 Å². The highest BCUT2D eigenvalue weighted by Crippen LogP contribution is 2.33. The van der Waals surface area contributed by atoms with Crippen molar-refractivity contribution in [3.8, 4) is 11.8 Å². The van der Waals surface area contributed by atoms with E-state index in [2.05, 4.69) is 35.7 Å². The molecule has 7 heterocycles. The van der Waals surface area contributed by atoms with Crippen molar-refractivity contribution in [2.75, 3.05) is 81.8 Å². The van der Waals surface area contributed by atoms with E-state index in [1.165, 1.54) is 4.90 Å². The summed E-state index contributed by atoms with van der Waals surface area (Å²) in [7, 11) is 3.42. The molecule has 6 aromatic rings. The molecule has 4 amide bonds. The maximum atomic E-state index is 12.9. The summed E-state index contributed by atoms with van der Waals surface area (Å²) in [5.74, 6) is 2.78. The number of rotatable bonds is 12. The van der Waals surface area contributed by atoms with Crippen molar-refractivity contribution in [3.05, 3.63) is 103 Å². The van der Waals surface area contributed by atoms with E-state index in [4.69, 9.17) is 28.9 Å². The number of amides is 4. The van der Waals surface area contributed by atoms with Crippen molar-refractivity contribution in [1.82, 2.24) is 40.0 Å². The number of urea groups is 1. The molecule has 5 aromatic heterocycles. The third-order valence-electron chi connectivity index (χ3n) is 13.2. The summed E-state index contributed by atoms with van der Waals surface area (Å²) in [6.07, 6.45) is 12.1. The van der Waals surface area contributed by atoms with E-state index in [1.54, 1.807) is 49.4 Å². The van der Waals surface area contributed by atoms with Gasteiger partial charge >= 0.3 is 6.03 Å². The minimum Gasteiger partial charge on any atom is -0.474 e. The van der Waals surface area contributed by atoms with Gasteiger partial charge in [0.05, 0.1) is 48.2 Å². The number of likely N-dealkylation sites (N-methyl/N-ethyl adjacent to an activating group) is 1. The highest BCUT2D eigenvalue weighted by atomic mass is 16.5. The molecular weight excluding hydrogens is 891 g/mol. The highest BCUT2D eigenvalue weighted by molar-refractivity contribution is 5.93. The van der Waals surface area contributed by atoms with Crippen molar-refractivity contribution in [2.45, 2.75) is 82.2 Å². The lowest BCUT2D eigenvalue weighted by molar-refractivity contribution is -0.129. The van der Waals surface area contributed by atoms with Crippen LogP contribution in [-0.4, -0.2) is 138 Å². The quantitative estimate of drug-likeness (QED) is 0.112. The van der Waals surface area contributed by atoms with Crippen LogP contribution in [-0.2, 0) is 20.8 Å². The van der Waals surface area contributed by atoms with E-state index in [1.807, 2.05) is 66.7 Å². The van der Waals surface area contributed by atoms with Crippen molar-refractivity contribution in [3.63, 3.8) is 0 Å². The summed E-state index contributed by atoms with van der Waals surface area (Å²) in [6, 6.07) is 24.9. The molecule has 0 atom stereocenters. The van der Waals surface area contributed by atoms with Gasteiger partial charge < -0.3 is 54.2 Å². The molecule has 2 saturated carbocycles. The van der Waals surface area contributed by atoms with Gasteiger partial charge in [-0.3, -0.25) is 19.6 Å². The van der Waals surface area contributed by atoms with Crippen molar-refractivity contribution in [1.29, 1.82) is 0 Å². The maximum absolute atomic E-state index is 12.9. The summed E-state index contributed by atoms with van der Waals surface area (Å²) in [5.41, 5.74) is 3.04. The van der Waals surface area contributed by atoms with Crippen LogP contribution >= 0.6 is 0 Å². The van der Waals surface area contributed by atoms with Gasteiger partial charge in [0.25, 0.3) is 5.91 Å². The van der Waals surface area contributed by atoms with E-state index in [0.29, 0.717) is 43.9 Å². The molecule has 374 valence electrons. The predicted octanol–water partition coefficient (Wildman–Crippen LogP) is 7.19. The fourth-order valence-electron chi connectivity index (χ4n) is 9.30. The average Bonchev–Trinajstić information content (AvgIpc) is 3.86. The molecule has 70 heavy (non-hydrogen) atoms. The summed E-state index contributed by atoms with van der Waals surface area (Å²) >= 11 is 0. The zero-order valence-corrected chi connectivity index (χ0v) is 40.0. The summed E-state index contributed by atoms with van der Waals surface area (Å²) in [5, 5.41) is 10.9. The second-order valence-corrected chi connectivity index (χ2v) is 18.3. The molecular formula is C52H69N11O7. The summed E-state index contributed by atoms with van der Waals surface area (Å²) in [4.78, 5) is 62.1. The lowest BCUT2D eigenvalue weighted by atomic mass is 9.93. The molecule has 2 aliphatic carbocycles. The number of anilines is 3. The number of carbonyl (C=O) groups excluding carboxylic acids is 3. The lowest BCUT2D eigenvalue weighted by Gasteiger charge is -2.31. The Morgan fingerprint density at radius 1 is 0.657 bits per heavy atom. The van der Waals surface area contributed by atoms with Gasteiger partial charge in [0.15, 0.2) is 0 Å². The fraction of sp³-hybridized carbons (Fsp3) is 0.442. The van der Waals surface area contributed by atoms with Crippen LogP contribution in [0.15, 0.2) is 97.5 Å². The molecule has 2 saturated heterocycles. The number of hydrogen-bond acceptors (Lipinski definition) is 13. The lowest BCUT2D eigenvalue weighted by Crippen LogP contribution is -2.41. The average molecular weight is 960 g/mol. The maximum Gasteiger partial charge on any atom is 0.319 e. The van der Waals surface area contributed by atoms with Crippen molar-refractivity contribution < 1.29 is 37.6 Å². The fourth-order valence-corrected chi connectivity index (χ4v) is 9.30. The number of carbonyl (C=O) groups is 3. The normalized spacial score (nSPS) is 20.4. The van der Waals surface area contributed by atoms with Gasteiger partial charge in [-0.25, -0.2) is 4.79 Å². The first-order valence-electron chi connectivity index (χ1n) is 24.5. The van der Waals surface area contributed by atoms with Gasteiger partial charge in [0, 0.05) is 93.0 Å². The number of fused-ring (bicyclic) bond motifs is 2. The molecule has 1 aromatic carbocycles. The molecule has 18 nitrogen and oxygen atoms in total. The molecule has 2 aliphatic heterocycles. The standard InChI is InChI=1S/C27H34N6O4.C25H29N5O3.3H2/c1-31(2)25(34)18-33-12-4-6-23(33)26(35)29-19-7-9-20(10-8-19)37-27-21-5-3-11-28-22(21)17-24(30-27)32-13-15-36-16-14-32;31-25(27-18-5-2-1-3-6-18)28-19-8-10-20(11-9-19)33-24-21-7-4-12-26-22(21)17-23(29-24)30-13-15-32-16-14-30;;;/h3-6,11-12,17,19-20H,7-10,13-16,18H2,1-2H3,(H,29,35);1-7,12,17,19-20H,8-11,13-16H2,(H2,27,28,31);3*1H. The highest BCUT2D eigenvalue weighted by Gasteiger charge is 2.28. The first kappa shape index (κ1) is 48.0. The van der Waals surface area contributed by atoms with Gasteiger partial charge in [-0.1, -0.05) is 18.2 Å². The van der Waals surface area contributed by atoms with Crippen molar-refractivity contribution >= 4 is 57.0 Å². The minimum atomic E-state index is -0.164. The third kappa shape index (κ3) is 12.4. The Balaban J connectivity index is 0.000000230. The number of benzene rings is 1. The second kappa shape index (κ2) is 23.0. The molecule has 0 spiro atoms. The minimum absolute atomic E-state index is 0. The Morgan fingerprint density at radius 2 is 1.17 bits per heavy atom. The number of nitrogens with one attached hydrogen (secondary N) is 3. The number of aromatic nitrogens is 5. The van der Waals surface area contributed by atoms with Gasteiger partial charge in [-0.2, -0.15) is 9.97 Å². The number of morpholine rings is 2. The van der Waals surface area contributed by atoms with E-state index < -0.39 is 0 Å². The van der Waals surface area contributed by atoms with Gasteiger partial charge in [0.2, 0.25) is 17.7 Å². The van der Waals surface area contributed by atoms with E-state index in [9.17, 15) is 14.4 Å². The number of nitrogens with zero attached hydrogens (tertiary/aromatic N) is 8. The first-order chi connectivity index (χ1) is 34.2. The molecule has 0 radical (unpaired) electrons.